The van der Waals surface area contributed by atoms with Crippen LogP contribution in [0.4, 0.5) is 10.1 Å². The molecule has 1 saturated heterocycles. The molecule has 6 heteroatoms. The van der Waals surface area contributed by atoms with Crippen LogP contribution in [0, 0.1) is 17.7 Å². The summed E-state index contributed by atoms with van der Waals surface area (Å²) < 4.78 is 39.6. The monoisotopic (exact) mass is 286 g/mol. The van der Waals surface area contributed by atoms with Gasteiger partial charge in [-0.1, -0.05) is 13.8 Å². The molecule has 1 fully saturated rings. The van der Waals surface area contributed by atoms with Crippen molar-refractivity contribution in [3.8, 4) is 0 Å². The van der Waals surface area contributed by atoms with E-state index in [1.54, 1.807) is 0 Å². The average molecular weight is 286 g/mol. The van der Waals surface area contributed by atoms with Gasteiger partial charge in [0.2, 0.25) is 10.0 Å². The third kappa shape index (κ3) is 2.90. The number of nitrogens with zero attached hydrogens (tertiary/aromatic N) is 1. The molecule has 2 N–H and O–H groups in total. The van der Waals surface area contributed by atoms with E-state index < -0.39 is 15.8 Å². The fourth-order valence-electron chi connectivity index (χ4n) is 2.33. The van der Waals surface area contributed by atoms with Gasteiger partial charge in [-0.25, -0.2) is 12.8 Å². The summed E-state index contributed by atoms with van der Waals surface area (Å²) in [6.07, 6.45) is 0.825. The summed E-state index contributed by atoms with van der Waals surface area (Å²) in [7, 11) is -3.65. The van der Waals surface area contributed by atoms with E-state index in [-0.39, 0.29) is 10.6 Å². The number of halogens is 1. The maximum Gasteiger partial charge on any atom is 0.243 e. The smallest absolute Gasteiger partial charge is 0.243 e. The van der Waals surface area contributed by atoms with Crippen molar-refractivity contribution in [3.63, 3.8) is 0 Å². The molecule has 19 heavy (non-hydrogen) atoms. The van der Waals surface area contributed by atoms with Crippen molar-refractivity contribution in [2.45, 2.75) is 25.2 Å². The number of nitrogen functional groups attached to an aromatic ring is 1. The Labute approximate surface area is 113 Å². The molecule has 1 aliphatic heterocycles. The van der Waals surface area contributed by atoms with Crippen LogP contribution in [0.1, 0.15) is 20.3 Å². The van der Waals surface area contributed by atoms with Crippen LogP contribution in [-0.2, 0) is 10.0 Å². The molecule has 2 unspecified atom stereocenters. The van der Waals surface area contributed by atoms with Gasteiger partial charge in [0.1, 0.15) is 5.82 Å². The molecule has 0 bridgehead atoms. The van der Waals surface area contributed by atoms with Gasteiger partial charge in [0.15, 0.2) is 0 Å². The van der Waals surface area contributed by atoms with Gasteiger partial charge in [0.25, 0.3) is 0 Å². The molecule has 1 aliphatic rings. The standard InChI is InChI=1S/C13H19FN2O2S/c1-9-3-4-16(8-10(9)2)19(17,18)13-6-11(14)5-12(15)7-13/h5-7,9-10H,3-4,8,15H2,1-2H3. The Kier molecular flexibility index (Phi) is 3.82. The van der Waals surface area contributed by atoms with Crippen molar-refractivity contribution in [1.82, 2.24) is 4.31 Å². The highest BCUT2D eigenvalue weighted by Crippen LogP contribution is 2.28. The highest BCUT2D eigenvalue weighted by atomic mass is 32.2. The van der Waals surface area contributed by atoms with Gasteiger partial charge in [-0.3, -0.25) is 0 Å². The molecule has 106 valence electrons. The zero-order chi connectivity index (χ0) is 14.2. The number of piperidine rings is 1. The molecule has 0 radical (unpaired) electrons. The third-order valence-electron chi connectivity index (χ3n) is 3.83. The van der Waals surface area contributed by atoms with Crippen LogP contribution in [0.15, 0.2) is 23.1 Å². The fraction of sp³-hybridized carbons (Fsp3) is 0.538. The van der Waals surface area contributed by atoms with Crippen molar-refractivity contribution in [2.24, 2.45) is 11.8 Å². The Morgan fingerprint density at radius 3 is 2.53 bits per heavy atom. The van der Waals surface area contributed by atoms with Gasteiger partial charge < -0.3 is 5.73 Å². The molecule has 1 heterocycles. The second-order valence-corrected chi connectivity index (χ2v) is 7.26. The minimum atomic E-state index is -3.65. The average Bonchev–Trinajstić information content (AvgIpc) is 2.31. The number of hydrogen-bond donors (Lipinski definition) is 1. The quantitative estimate of drug-likeness (QED) is 0.847. The largest absolute Gasteiger partial charge is 0.399 e. The lowest BCUT2D eigenvalue weighted by molar-refractivity contribution is 0.212. The van der Waals surface area contributed by atoms with Gasteiger partial charge >= 0.3 is 0 Å². The molecule has 2 atom stereocenters. The molecular formula is C13H19FN2O2S. The van der Waals surface area contributed by atoms with Crippen LogP contribution in [0.5, 0.6) is 0 Å². The lowest BCUT2D eigenvalue weighted by Gasteiger charge is -2.34. The summed E-state index contributed by atoms with van der Waals surface area (Å²) in [6, 6.07) is 3.44. The first-order valence-electron chi connectivity index (χ1n) is 6.37. The summed E-state index contributed by atoms with van der Waals surface area (Å²) in [4.78, 5) is -0.0632. The first kappa shape index (κ1) is 14.3. The number of rotatable bonds is 2. The molecule has 1 aromatic rings. The molecule has 0 aliphatic carbocycles. The highest BCUT2D eigenvalue weighted by Gasteiger charge is 2.32. The summed E-state index contributed by atoms with van der Waals surface area (Å²) in [5, 5.41) is 0. The minimum Gasteiger partial charge on any atom is -0.399 e. The zero-order valence-corrected chi connectivity index (χ0v) is 12.0. The van der Waals surface area contributed by atoms with E-state index in [1.807, 2.05) is 6.92 Å². The molecule has 4 nitrogen and oxygen atoms in total. The van der Waals surface area contributed by atoms with Gasteiger partial charge in [0.05, 0.1) is 4.90 Å². The van der Waals surface area contributed by atoms with Crippen LogP contribution in [0.25, 0.3) is 0 Å². The van der Waals surface area contributed by atoms with Crippen LogP contribution < -0.4 is 5.73 Å². The van der Waals surface area contributed by atoms with Crippen molar-refractivity contribution in [3.05, 3.63) is 24.0 Å². The van der Waals surface area contributed by atoms with E-state index in [9.17, 15) is 12.8 Å². The van der Waals surface area contributed by atoms with Crippen molar-refractivity contribution >= 4 is 15.7 Å². The molecule has 0 aromatic heterocycles. The SMILES string of the molecule is CC1CCN(S(=O)(=O)c2cc(N)cc(F)c2)CC1C. The van der Waals surface area contributed by atoms with Crippen LogP contribution in [0.2, 0.25) is 0 Å². The maximum atomic E-state index is 13.3. The Morgan fingerprint density at radius 1 is 1.26 bits per heavy atom. The number of anilines is 1. The first-order chi connectivity index (χ1) is 8.80. The number of benzene rings is 1. The van der Waals surface area contributed by atoms with E-state index in [0.717, 1.165) is 18.6 Å². The predicted octanol–water partition coefficient (Wildman–Crippen LogP) is 2.07. The molecule has 0 saturated carbocycles. The van der Waals surface area contributed by atoms with Gasteiger partial charge in [0, 0.05) is 18.8 Å². The highest BCUT2D eigenvalue weighted by molar-refractivity contribution is 7.89. The molecule has 1 aromatic carbocycles. The Morgan fingerprint density at radius 2 is 1.95 bits per heavy atom. The Balaban J connectivity index is 2.32. The fourth-order valence-corrected chi connectivity index (χ4v) is 3.95. The number of nitrogens with two attached hydrogens (primary N) is 1. The zero-order valence-electron chi connectivity index (χ0n) is 11.1. The summed E-state index contributed by atoms with van der Waals surface area (Å²) in [6.45, 7) is 5.10. The van der Waals surface area contributed by atoms with Crippen molar-refractivity contribution < 1.29 is 12.8 Å². The van der Waals surface area contributed by atoms with Crippen LogP contribution in [-0.4, -0.2) is 25.8 Å². The lowest BCUT2D eigenvalue weighted by atomic mass is 9.90. The number of sulfonamides is 1. The Hall–Kier alpha value is -1.14. The second-order valence-electron chi connectivity index (χ2n) is 5.33. The van der Waals surface area contributed by atoms with E-state index in [0.29, 0.717) is 24.9 Å². The topological polar surface area (TPSA) is 63.4 Å². The predicted molar refractivity (Wildman–Crippen MR) is 72.5 cm³/mol. The molecule has 0 spiro atoms. The summed E-state index contributed by atoms with van der Waals surface area (Å²) >= 11 is 0. The van der Waals surface area contributed by atoms with Crippen molar-refractivity contribution in [2.75, 3.05) is 18.8 Å². The van der Waals surface area contributed by atoms with E-state index in [2.05, 4.69) is 6.92 Å². The van der Waals surface area contributed by atoms with Gasteiger partial charge in [-0.15, -0.1) is 0 Å². The van der Waals surface area contributed by atoms with Gasteiger partial charge in [-0.2, -0.15) is 4.31 Å². The molecule has 2 rings (SSSR count). The molecule has 0 amide bonds. The van der Waals surface area contributed by atoms with Gasteiger partial charge in [-0.05, 0) is 36.5 Å². The lowest BCUT2D eigenvalue weighted by Crippen LogP contribution is -2.42. The van der Waals surface area contributed by atoms with Crippen LogP contribution >= 0.6 is 0 Å². The summed E-state index contributed by atoms with van der Waals surface area (Å²) in [5.74, 6) is 0.176. The van der Waals surface area contributed by atoms with E-state index >= 15 is 0 Å². The molecular weight excluding hydrogens is 267 g/mol. The second kappa shape index (κ2) is 5.09. The maximum absolute atomic E-state index is 13.3. The minimum absolute atomic E-state index is 0.0632. The Bertz CT molecular complexity index is 554. The van der Waals surface area contributed by atoms with Crippen molar-refractivity contribution in [1.29, 1.82) is 0 Å². The first-order valence-corrected chi connectivity index (χ1v) is 7.81. The number of hydrogen-bond acceptors (Lipinski definition) is 3. The van der Waals surface area contributed by atoms with Crippen LogP contribution in [0.3, 0.4) is 0 Å². The van der Waals surface area contributed by atoms with E-state index in [1.165, 1.54) is 10.4 Å². The third-order valence-corrected chi connectivity index (χ3v) is 5.67. The van der Waals surface area contributed by atoms with E-state index in [4.69, 9.17) is 5.73 Å². The summed E-state index contributed by atoms with van der Waals surface area (Å²) in [5.41, 5.74) is 5.63. The normalized spacial score (nSPS) is 25.4.